The van der Waals surface area contributed by atoms with Gasteiger partial charge in [-0.3, -0.25) is 4.40 Å². The van der Waals surface area contributed by atoms with Crippen LogP contribution in [0.4, 0.5) is 0 Å². The minimum Gasteiger partial charge on any atom is -0.298 e. The molecule has 1 aliphatic carbocycles. The molecular formula is C16H13ClN2. The van der Waals surface area contributed by atoms with Crippen molar-refractivity contribution in [2.45, 2.75) is 19.3 Å². The number of halogens is 1. The molecule has 0 amide bonds. The number of aryl methyl sites for hydroxylation is 2. The number of fused-ring (bicyclic) bond motifs is 5. The summed E-state index contributed by atoms with van der Waals surface area (Å²) >= 11 is 6.26. The number of pyridine rings is 1. The fraction of sp³-hybridized carbons (Fsp3) is 0.188. The number of hydrogen-bond acceptors (Lipinski definition) is 1. The van der Waals surface area contributed by atoms with Crippen molar-refractivity contribution in [3.63, 3.8) is 0 Å². The number of hydrogen-bond donors (Lipinski definition) is 0. The Labute approximate surface area is 116 Å². The highest BCUT2D eigenvalue weighted by Gasteiger charge is 2.20. The first-order valence-electron chi connectivity index (χ1n) is 6.58. The Bertz CT molecular complexity index is 774. The lowest BCUT2D eigenvalue weighted by Crippen LogP contribution is -1.92. The van der Waals surface area contributed by atoms with E-state index in [0.29, 0.717) is 5.02 Å². The van der Waals surface area contributed by atoms with E-state index in [1.807, 2.05) is 12.1 Å². The maximum absolute atomic E-state index is 6.26. The van der Waals surface area contributed by atoms with Gasteiger partial charge in [-0.25, -0.2) is 4.98 Å². The molecule has 0 N–H and O–H groups in total. The maximum atomic E-state index is 6.26. The molecule has 2 aromatic heterocycles. The molecule has 0 saturated carbocycles. The van der Waals surface area contributed by atoms with E-state index in [1.54, 1.807) is 0 Å². The molecule has 1 aromatic carbocycles. The lowest BCUT2D eigenvalue weighted by molar-refractivity contribution is 0.819. The van der Waals surface area contributed by atoms with Crippen LogP contribution in [0, 0.1) is 0 Å². The van der Waals surface area contributed by atoms with Crippen molar-refractivity contribution in [2.75, 3.05) is 0 Å². The lowest BCUT2D eigenvalue weighted by atomic mass is 10.0. The van der Waals surface area contributed by atoms with Gasteiger partial charge in [-0.1, -0.05) is 35.9 Å². The van der Waals surface area contributed by atoms with E-state index in [1.165, 1.54) is 16.8 Å². The zero-order chi connectivity index (χ0) is 12.8. The normalized spacial score (nSPS) is 13.9. The second kappa shape index (κ2) is 4.10. The van der Waals surface area contributed by atoms with Crippen molar-refractivity contribution in [3.8, 4) is 11.3 Å². The van der Waals surface area contributed by atoms with Crippen LogP contribution >= 0.6 is 11.6 Å². The van der Waals surface area contributed by atoms with Gasteiger partial charge in [-0.05, 0) is 37.0 Å². The summed E-state index contributed by atoms with van der Waals surface area (Å²) < 4.78 is 2.13. The second-order valence-corrected chi connectivity index (χ2v) is 5.37. The molecule has 0 fully saturated rings. The van der Waals surface area contributed by atoms with Gasteiger partial charge < -0.3 is 0 Å². The molecule has 4 rings (SSSR count). The van der Waals surface area contributed by atoms with Crippen molar-refractivity contribution >= 4 is 17.2 Å². The van der Waals surface area contributed by atoms with Crippen LogP contribution in [0.15, 0.2) is 42.6 Å². The third-order valence-electron chi connectivity index (χ3n) is 3.81. The zero-order valence-electron chi connectivity index (χ0n) is 10.4. The second-order valence-electron chi connectivity index (χ2n) is 4.97. The van der Waals surface area contributed by atoms with Gasteiger partial charge in [-0.2, -0.15) is 0 Å². The number of aromatic nitrogens is 2. The van der Waals surface area contributed by atoms with Crippen molar-refractivity contribution in [3.05, 3.63) is 58.9 Å². The highest BCUT2D eigenvalue weighted by atomic mass is 35.5. The summed E-state index contributed by atoms with van der Waals surface area (Å²) in [7, 11) is 0. The quantitative estimate of drug-likeness (QED) is 0.599. The fourth-order valence-corrected chi connectivity index (χ4v) is 3.16. The van der Waals surface area contributed by atoms with Crippen LogP contribution in [0.5, 0.6) is 0 Å². The van der Waals surface area contributed by atoms with Gasteiger partial charge in [0, 0.05) is 11.8 Å². The molecule has 0 unspecified atom stereocenters. The van der Waals surface area contributed by atoms with E-state index in [-0.39, 0.29) is 0 Å². The van der Waals surface area contributed by atoms with Gasteiger partial charge in [0.1, 0.15) is 0 Å². The van der Waals surface area contributed by atoms with Crippen LogP contribution in [-0.2, 0) is 12.8 Å². The molecule has 2 heterocycles. The monoisotopic (exact) mass is 268 g/mol. The summed E-state index contributed by atoms with van der Waals surface area (Å²) in [6.45, 7) is 0. The molecule has 2 nitrogen and oxygen atoms in total. The Balaban J connectivity index is 2.13. The number of benzene rings is 1. The Morgan fingerprint density at radius 1 is 1.05 bits per heavy atom. The fourth-order valence-electron chi connectivity index (χ4n) is 2.96. The third kappa shape index (κ3) is 1.60. The SMILES string of the molecule is Clc1cccn2c3c(nc12)CCCc1ccccc1-3. The average molecular weight is 269 g/mol. The van der Waals surface area contributed by atoms with Crippen LogP contribution in [0.1, 0.15) is 17.7 Å². The Kier molecular flexibility index (Phi) is 2.39. The molecule has 1 aliphatic rings. The van der Waals surface area contributed by atoms with Crippen LogP contribution < -0.4 is 0 Å². The van der Waals surface area contributed by atoms with Gasteiger partial charge in [0.05, 0.1) is 16.4 Å². The first kappa shape index (κ1) is 11.1. The molecular weight excluding hydrogens is 256 g/mol. The molecule has 0 aliphatic heterocycles. The number of rotatable bonds is 0. The largest absolute Gasteiger partial charge is 0.298 e. The molecule has 94 valence electrons. The van der Waals surface area contributed by atoms with E-state index in [0.717, 1.165) is 30.6 Å². The van der Waals surface area contributed by atoms with Gasteiger partial charge in [0.15, 0.2) is 5.65 Å². The zero-order valence-corrected chi connectivity index (χ0v) is 11.2. The summed E-state index contributed by atoms with van der Waals surface area (Å²) in [5.74, 6) is 0. The first-order valence-corrected chi connectivity index (χ1v) is 6.96. The predicted molar refractivity (Wildman–Crippen MR) is 77.7 cm³/mol. The minimum absolute atomic E-state index is 0.716. The highest BCUT2D eigenvalue weighted by Crippen LogP contribution is 2.34. The molecule has 19 heavy (non-hydrogen) atoms. The average Bonchev–Trinajstić information content (AvgIpc) is 2.70. The predicted octanol–water partition coefficient (Wildman–Crippen LogP) is 4.14. The Morgan fingerprint density at radius 3 is 2.89 bits per heavy atom. The lowest BCUT2D eigenvalue weighted by Gasteiger charge is -2.07. The number of nitrogens with zero attached hydrogens (tertiary/aromatic N) is 2. The number of imidazole rings is 1. The smallest absolute Gasteiger partial charge is 0.156 e. The first-order chi connectivity index (χ1) is 9.34. The summed E-state index contributed by atoms with van der Waals surface area (Å²) in [4.78, 5) is 4.74. The van der Waals surface area contributed by atoms with Crippen molar-refractivity contribution in [1.29, 1.82) is 0 Å². The molecule has 0 spiro atoms. The van der Waals surface area contributed by atoms with E-state index in [9.17, 15) is 0 Å². The summed E-state index contributed by atoms with van der Waals surface area (Å²) in [6, 6.07) is 12.5. The third-order valence-corrected chi connectivity index (χ3v) is 4.10. The van der Waals surface area contributed by atoms with E-state index in [4.69, 9.17) is 16.6 Å². The van der Waals surface area contributed by atoms with Gasteiger partial charge in [0.25, 0.3) is 0 Å². The molecule has 3 heteroatoms. The van der Waals surface area contributed by atoms with E-state index >= 15 is 0 Å². The maximum Gasteiger partial charge on any atom is 0.156 e. The van der Waals surface area contributed by atoms with E-state index in [2.05, 4.69) is 34.9 Å². The molecule has 3 aromatic rings. The summed E-state index contributed by atoms with van der Waals surface area (Å²) in [5.41, 5.74) is 5.95. The van der Waals surface area contributed by atoms with Crippen molar-refractivity contribution in [2.24, 2.45) is 0 Å². The molecule has 0 atom stereocenters. The standard InChI is InChI=1S/C16H13ClN2/c17-13-8-4-10-19-15-12-7-2-1-5-11(12)6-3-9-14(15)18-16(13)19/h1-2,4-5,7-8,10H,3,6,9H2. The topological polar surface area (TPSA) is 17.3 Å². The van der Waals surface area contributed by atoms with Crippen LogP contribution in [-0.4, -0.2) is 9.38 Å². The minimum atomic E-state index is 0.716. The molecule has 0 radical (unpaired) electrons. The Morgan fingerprint density at radius 2 is 1.95 bits per heavy atom. The van der Waals surface area contributed by atoms with Crippen molar-refractivity contribution in [1.82, 2.24) is 9.38 Å². The Hall–Kier alpha value is -1.80. The van der Waals surface area contributed by atoms with Crippen molar-refractivity contribution < 1.29 is 0 Å². The van der Waals surface area contributed by atoms with Crippen LogP contribution in [0.2, 0.25) is 5.02 Å². The van der Waals surface area contributed by atoms with Gasteiger partial charge in [0.2, 0.25) is 0 Å². The van der Waals surface area contributed by atoms with Crippen LogP contribution in [0.25, 0.3) is 16.9 Å². The molecule has 0 saturated heterocycles. The van der Waals surface area contributed by atoms with E-state index < -0.39 is 0 Å². The molecule has 0 bridgehead atoms. The van der Waals surface area contributed by atoms with Gasteiger partial charge >= 0.3 is 0 Å². The summed E-state index contributed by atoms with van der Waals surface area (Å²) in [5, 5.41) is 0.716. The summed E-state index contributed by atoms with van der Waals surface area (Å²) in [6.07, 6.45) is 5.33. The van der Waals surface area contributed by atoms with Gasteiger partial charge in [-0.15, -0.1) is 0 Å². The van der Waals surface area contributed by atoms with Crippen LogP contribution in [0.3, 0.4) is 0 Å². The highest BCUT2D eigenvalue weighted by molar-refractivity contribution is 6.33.